The second kappa shape index (κ2) is 12.1. The van der Waals surface area contributed by atoms with Gasteiger partial charge in [-0.05, 0) is 50.7 Å². The number of likely N-dealkylation sites (tertiary alicyclic amines) is 1. The largest absolute Gasteiger partial charge is 0.464 e. The van der Waals surface area contributed by atoms with E-state index in [1.54, 1.807) is 13.8 Å². The number of rotatable bonds is 7. The van der Waals surface area contributed by atoms with E-state index < -0.39 is 30.4 Å². The number of anilines is 2. The van der Waals surface area contributed by atoms with E-state index in [-0.39, 0.29) is 36.0 Å². The van der Waals surface area contributed by atoms with Gasteiger partial charge in [-0.25, -0.2) is 9.59 Å². The number of hydrogen-bond acceptors (Lipinski definition) is 9. The Morgan fingerprint density at radius 1 is 1.12 bits per heavy atom. The lowest BCUT2D eigenvalue weighted by molar-refractivity contribution is -0.198. The lowest BCUT2D eigenvalue weighted by Crippen LogP contribution is -2.43. The zero-order valence-electron chi connectivity index (χ0n) is 22.1. The predicted molar refractivity (Wildman–Crippen MR) is 143 cm³/mol. The van der Waals surface area contributed by atoms with Crippen molar-refractivity contribution in [2.75, 3.05) is 43.5 Å². The monoisotopic (exact) mass is 629 g/mol. The van der Waals surface area contributed by atoms with Gasteiger partial charge in [-0.2, -0.15) is 23.1 Å². The van der Waals surface area contributed by atoms with Crippen LogP contribution in [0.5, 0.6) is 5.88 Å². The number of piperidine rings is 1. The van der Waals surface area contributed by atoms with Crippen molar-refractivity contribution >= 4 is 39.8 Å². The van der Waals surface area contributed by atoms with Crippen molar-refractivity contribution in [2.24, 2.45) is 5.41 Å². The summed E-state index contributed by atoms with van der Waals surface area (Å²) >= 11 is 3.22. The van der Waals surface area contributed by atoms with Crippen LogP contribution in [0.2, 0.25) is 0 Å². The van der Waals surface area contributed by atoms with Crippen LogP contribution in [0.25, 0.3) is 0 Å². The van der Waals surface area contributed by atoms with E-state index in [1.807, 2.05) is 4.90 Å². The summed E-state index contributed by atoms with van der Waals surface area (Å²) in [5, 5.41) is 0. The molecule has 4 rings (SSSR count). The molecule has 40 heavy (non-hydrogen) atoms. The van der Waals surface area contributed by atoms with Crippen LogP contribution in [0.15, 0.2) is 34.8 Å². The Morgan fingerprint density at radius 3 is 2.38 bits per heavy atom. The van der Waals surface area contributed by atoms with Crippen molar-refractivity contribution in [3.05, 3.63) is 40.4 Å². The Morgan fingerprint density at radius 2 is 1.77 bits per heavy atom. The Balaban J connectivity index is 1.49. The smallest absolute Gasteiger partial charge is 0.429 e. The standard InChI is InChI=1S/C26H31BrF3N5O5/c1-3-38-22(36)18-14-25(15-35(18)24(37)39-4-2)9-11-34(12-10-25)19-13-20(33-23(31)32-19)40-21(26(28,29)30)16-5-7-17(27)8-6-16/h5-8,13,18,21H,3-4,9-12,14-15H2,1-2H3,(H2,31,32,33)/t18?,21-/m1/s1. The van der Waals surface area contributed by atoms with Crippen LogP contribution in [-0.4, -0.2) is 72.0 Å². The normalized spacial score (nSPS) is 19.4. The van der Waals surface area contributed by atoms with Gasteiger partial charge in [0.25, 0.3) is 0 Å². The SMILES string of the molecule is CCOC(=O)C1CC2(CCN(c3cc(O[C@H](c4ccc(Br)cc4)C(F)(F)F)nc(N)n3)CC2)CN1C(=O)OCC. The van der Waals surface area contributed by atoms with Crippen molar-refractivity contribution in [1.29, 1.82) is 0 Å². The number of nitrogen functional groups attached to an aromatic ring is 1. The number of carbonyl (C=O) groups is 2. The number of alkyl halides is 3. The molecule has 2 fully saturated rings. The number of hydrogen-bond donors (Lipinski definition) is 1. The zero-order chi connectivity index (χ0) is 29.1. The molecule has 2 aliphatic heterocycles. The Bertz CT molecular complexity index is 1180. The van der Waals surface area contributed by atoms with Crippen LogP contribution in [0, 0.1) is 5.41 Å². The van der Waals surface area contributed by atoms with Crippen molar-refractivity contribution < 1.29 is 37.0 Å². The van der Waals surface area contributed by atoms with Gasteiger partial charge in [0.05, 0.1) is 13.2 Å². The molecule has 0 radical (unpaired) electrons. The molecular formula is C26H31BrF3N5O5. The number of amides is 1. The van der Waals surface area contributed by atoms with Crippen LogP contribution in [0.4, 0.5) is 29.7 Å². The minimum absolute atomic E-state index is 0.0853. The predicted octanol–water partition coefficient (Wildman–Crippen LogP) is 4.88. The average Bonchev–Trinajstić information content (AvgIpc) is 3.27. The van der Waals surface area contributed by atoms with Crippen molar-refractivity contribution in [3.63, 3.8) is 0 Å². The van der Waals surface area contributed by atoms with E-state index in [0.717, 1.165) is 0 Å². The number of esters is 1. The molecule has 218 valence electrons. The molecule has 0 aliphatic carbocycles. The number of aromatic nitrogens is 2. The minimum atomic E-state index is -4.70. The first kappa shape index (κ1) is 29.7. The van der Waals surface area contributed by atoms with Gasteiger partial charge in [0, 0.05) is 35.7 Å². The molecule has 2 saturated heterocycles. The van der Waals surface area contributed by atoms with Crippen LogP contribution >= 0.6 is 15.9 Å². The van der Waals surface area contributed by atoms with Gasteiger partial charge in [0.1, 0.15) is 11.9 Å². The van der Waals surface area contributed by atoms with Crippen LogP contribution in [0.3, 0.4) is 0 Å². The van der Waals surface area contributed by atoms with E-state index in [9.17, 15) is 22.8 Å². The summed E-state index contributed by atoms with van der Waals surface area (Å²) in [6.45, 7) is 5.06. The fourth-order valence-electron chi connectivity index (χ4n) is 5.21. The summed E-state index contributed by atoms with van der Waals surface area (Å²) in [4.78, 5) is 36.6. The summed E-state index contributed by atoms with van der Waals surface area (Å²) in [5.74, 6) is -0.660. The molecule has 2 N–H and O–H groups in total. The molecule has 1 aromatic carbocycles. The average molecular weight is 630 g/mol. The Hall–Kier alpha value is -3.29. The molecule has 10 nitrogen and oxygen atoms in total. The summed E-state index contributed by atoms with van der Waals surface area (Å²) in [6, 6.07) is 6.25. The van der Waals surface area contributed by atoms with Crippen molar-refractivity contribution in [1.82, 2.24) is 14.9 Å². The van der Waals surface area contributed by atoms with Crippen molar-refractivity contribution in [3.8, 4) is 5.88 Å². The zero-order valence-corrected chi connectivity index (χ0v) is 23.7. The van der Waals surface area contributed by atoms with Gasteiger partial charge >= 0.3 is 18.2 Å². The second-order valence-electron chi connectivity index (χ2n) is 9.80. The Kier molecular flexibility index (Phi) is 8.96. The maximum Gasteiger partial charge on any atom is 0.429 e. The highest BCUT2D eigenvalue weighted by atomic mass is 79.9. The molecule has 0 saturated carbocycles. The molecule has 1 unspecified atom stereocenters. The molecular weight excluding hydrogens is 599 g/mol. The molecule has 2 aliphatic rings. The molecule has 1 aromatic heterocycles. The van der Waals surface area contributed by atoms with Gasteiger partial charge < -0.3 is 24.8 Å². The number of halogens is 4. The molecule has 1 amide bonds. The summed E-state index contributed by atoms with van der Waals surface area (Å²) in [5.41, 5.74) is 5.43. The number of carbonyl (C=O) groups excluding carboxylic acids is 2. The third kappa shape index (κ3) is 6.70. The fourth-order valence-corrected chi connectivity index (χ4v) is 5.48. The highest BCUT2D eigenvalue weighted by Crippen LogP contribution is 2.45. The summed E-state index contributed by atoms with van der Waals surface area (Å²) in [7, 11) is 0. The lowest BCUT2D eigenvalue weighted by atomic mass is 9.76. The molecule has 3 heterocycles. The van der Waals surface area contributed by atoms with Crippen molar-refractivity contribution in [2.45, 2.75) is 51.4 Å². The van der Waals surface area contributed by atoms with E-state index in [1.165, 1.54) is 35.2 Å². The molecule has 2 aromatic rings. The van der Waals surface area contributed by atoms with E-state index in [4.69, 9.17) is 19.9 Å². The first-order valence-electron chi connectivity index (χ1n) is 12.9. The topological polar surface area (TPSA) is 120 Å². The lowest BCUT2D eigenvalue weighted by Gasteiger charge is -2.39. The van der Waals surface area contributed by atoms with E-state index in [2.05, 4.69) is 25.9 Å². The fraction of sp³-hybridized carbons (Fsp3) is 0.538. The van der Waals surface area contributed by atoms with Gasteiger partial charge in [-0.3, -0.25) is 4.90 Å². The first-order valence-corrected chi connectivity index (χ1v) is 13.7. The van der Waals surface area contributed by atoms with Gasteiger partial charge in [-0.1, -0.05) is 28.1 Å². The van der Waals surface area contributed by atoms with Gasteiger partial charge in [-0.15, -0.1) is 0 Å². The van der Waals surface area contributed by atoms with Crippen LogP contribution in [-0.2, 0) is 14.3 Å². The summed E-state index contributed by atoms with van der Waals surface area (Å²) < 4.78 is 58.0. The minimum Gasteiger partial charge on any atom is -0.464 e. The summed E-state index contributed by atoms with van der Waals surface area (Å²) in [6.07, 6.45) is -5.88. The van der Waals surface area contributed by atoms with E-state index >= 15 is 0 Å². The van der Waals surface area contributed by atoms with Crippen LogP contribution < -0.4 is 15.4 Å². The molecule has 14 heteroatoms. The van der Waals surface area contributed by atoms with Gasteiger partial charge in [0.15, 0.2) is 0 Å². The Labute approximate surface area is 238 Å². The number of benzene rings is 1. The number of ether oxygens (including phenoxy) is 3. The quantitative estimate of drug-likeness (QED) is 0.427. The van der Waals surface area contributed by atoms with Gasteiger partial charge in [0.2, 0.25) is 17.9 Å². The molecule has 1 spiro atoms. The molecule has 2 atom stereocenters. The number of nitrogens with two attached hydrogens (primary N) is 1. The maximum atomic E-state index is 13.9. The van der Waals surface area contributed by atoms with E-state index in [0.29, 0.717) is 49.2 Å². The van der Waals surface area contributed by atoms with Crippen LogP contribution in [0.1, 0.15) is 44.8 Å². The third-order valence-electron chi connectivity index (χ3n) is 7.13. The third-order valence-corrected chi connectivity index (χ3v) is 7.66. The first-order chi connectivity index (χ1) is 18.9. The number of nitrogens with zero attached hydrogens (tertiary/aromatic N) is 4. The second-order valence-corrected chi connectivity index (χ2v) is 10.7. The molecule has 0 bridgehead atoms. The highest BCUT2D eigenvalue weighted by molar-refractivity contribution is 9.10. The maximum absolute atomic E-state index is 13.9. The highest BCUT2D eigenvalue weighted by Gasteiger charge is 2.51.